The quantitative estimate of drug-likeness (QED) is 0.480. The molecule has 0 radical (unpaired) electrons. The number of carbonyl (C=O) groups is 1. The highest BCUT2D eigenvalue weighted by atomic mass is 32.1. The summed E-state index contributed by atoms with van der Waals surface area (Å²) in [6, 6.07) is -0.408. The van der Waals surface area contributed by atoms with Crippen LogP contribution in [-0.2, 0) is 4.79 Å². The van der Waals surface area contributed by atoms with Crippen molar-refractivity contribution in [1.29, 1.82) is 0 Å². The summed E-state index contributed by atoms with van der Waals surface area (Å²) in [6.07, 6.45) is 1.21. The third kappa shape index (κ3) is 3.87. The van der Waals surface area contributed by atoms with Gasteiger partial charge in [0, 0.05) is 12.2 Å². The molecule has 0 aromatic heterocycles. The molecule has 60 valence electrons. The fourth-order valence-electron chi connectivity index (χ4n) is 0.564. The van der Waals surface area contributed by atoms with E-state index in [0.717, 1.165) is 6.42 Å². The number of nitrogens with two attached hydrogens (primary N) is 2. The number of rotatable bonds is 5. The zero-order valence-electron chi connectivity index (χ0n) is 5.92. The molecule has 0 rings (SSSR count). The smallest absolute Gasteiger partial charge is 0.150 e. The molecule has 0 bridgehead atoms. The van der Waals surface area contributed by atoms with Crippen LogP contribution in [-0.4, -0.2) is 24.1 Å². The fourth-order valence-corrected chi connectivity index (χ4v) is 0.767. The van der Waals surface area contributed by atoms with E-state index in [1.165, 1.54) is 0 Å². The first-order chi connectivity index (χ1) is 4.72. The van der Waals surface area contributed by atoms with Crippen LogP contribution in [0, 0.1) is 0 Å². The highest BCUT2D eigenvalue weighted by molar-refractivity contribution is 7.80. The molecule has 0 aliphatic rings. The Morgan fingerprint density at radius 2 is 2.20 bits per heavy atom. The largest absolute Gasteiger partial charge is 0.330 e. The molecule has 0 aliphatic carbocycles. The van der Waals surface area contributed by atoms with Crippen molar-refractivity contribution in [2.24, 2.45) is 11.5 Å². The summed E-state index contributed by atoms with van der Waals surface area (Å²) in [7, 11) is 0. The van der Waals surface area contributed by atoms with Crippen molar-refractivity contribution in [3.8, 4) is 0 Å². The standard InChI is InChI=1S/C6H14N2OS/c7-3-1-2-6(9)5(8)4-10/h5,10H,1-4,7-8H2/t5-/m0/s1. The maximum atomic E-state index is 10.9. The first kappa shape index (κ1) is 9.94. The maximum absolute atomic E-state index is 10.9. The summed E-state index contributed by atoms with van der Waals surface area (Å²) in [5.74, 6) is 0.476. The molecule has 0 saturated heterocycles. The average Bonchev–Trinajstić information content (AvgIpc) is 1.98. The Bertz CT molecular complexity index is 108. The van der Waals surface area contributed by atoms with Crippen molar-refractivity contribution in [1.82, 2.24) is 0 Å². The Labute approximate surface area is 66.6 Å². The predicted molar refractivity (Wildman–Crippen MR) is 45.1 cm³/mol. The van der Waals surface area contributed by atoms with Crippen molar-refractivity contribution >= 4 is 18.4 Å². The first-order valence-corrected chi connectivity index (χ1v) is 3.94. The van der Waals surface area contributed by atoms with Gasteiger partial charge in [-0.1, -0.05) is 0 Å². The van der Waals surface area contributed by atoms with Gasteiger partial charge in [0.25, 0.3) is 0 Å². The van der Waals surface area contributed by atoms with Gasteiger partial charge in [0.05, 0.1) is 6.04 Å². The third-order valence-electron chi connectivity index (χ3n) is 1.24. The van der Waals surface area contributed by atoms with Crippen molar-refractivity contribution in [3.05, 3.63) is 0 Å². The van der Waals surface area contributed by atoms with Gasteiger partial charge in [0.2, 0.25) is 0 Å². The molecule has 0 aromatic carbocycles. The van der Waals surface area contributed by atoms with E-state index in [0.29, 0.717) is 18.7 Å². The zero-order chi connectivity index (χ0) is 7.98. The van der Waals surface area contributed by atoms with Crippen molar-refractivity contribution in [2.45, 2.75) is 18.9 Å². The minimum absolute atomic E-state index is 0.0560. The summed E-state index contributed by atoms with van der Waals surface area (Å²) in [4.78, 5) is 10.9. The average molecular weight is 162 g/mol. The molecule has 0 heterocycles. The van der Waals surface area contributed by atoms with Crippen LogP contribution in [0.3, 0.4) is 0 Å². The molecule has 10 heavy (non-hydrogen) atoms. The number of ketones is 1. The van der Waals surface area contributed by atoms with Gasteiger partial charge >= 0.3 is 0 Å². The Balaban J connectivity index is 3.42. The predicted octanol–water partition coefficient (Wildman–Crippen LogP) is -0.448. The Morgan fingerprint density at radius 1 is 1.60 bits per heavy atom. The Kier molecular flexibility index (Phi) is 5.67. The van der Waals surface area contributed by atoms with E-state index in [9.17, 15) is 4.79 Å². The summed E-state index contributed by atoms with van der Waals surface area (Å²) in [5, 5.41) is 0. The van der Waals surface area contributed by atoms with E-state index in [4.69, 9.17) is 11.5 Å². The third-order valence-corrected chi connectivity index (χ3v) is 1.63. The summed E-state index contributed by atoms with van der Waals surface area (Å²) < 4.78 is 0. The zero-order valence-corrected chi connectivity index (χ0v) is 6.81. The second-order valence-corrected chi connectivity index (χ2v) is 2.51. The number of hydrogen-bond acceptors (Lipinski definition) is 4. The molecule has 0 saturated carbocycles. The normalized spacial score (nSPS) is 13.1. The van der Waals surface area contributed by atoms with Crippen LogP contribution in [0.5, 0.6) is 0 Å². The SMILES string of the molecule is NCCCC(=O)[C@@H](N)CS. The molecule has 0 amide bonds. The van der Waals surface area contributed by atoms with E-state index in [1.807, 2.05) is 0 Å². The molecular formula is C6H14N2OS. The molecule has 0 unspecified atom stereocenters. The van der Waals surface area contributed by atoms with Gasteiger partial charge in [0.1, 0.15) is 5.78 Å². The Hall–Kier alpha value is -0.0600. The van der Waals surface area contributed by atoms with Crippen molar-refractivity contribution < 1.29 is 4.79 Å². The van der Waals surface area contributed by atoms with Gasteiger partial charge in [-0.15, -0.1) is 0 Å². The van der Waals surface area contributed by atoms with Gasteiger partial charge < -0.3 is 11.5 Å². The van der Waals surface area contributed by atoms with Crippen molar-refractivity contribution in [3.63, 3.8) is 0 Å². The van der Waals surface area contributed by atoms with Gasteiger partial charge in [-0.25, -0.2) is 0 Å². The topological polar surface area (TPSA) is 69.1 Å². The first-order valence-electron chi connectivity index (χ1n) is 3.31. The van der Waals surface area contributed by atoms with E-state index < -0.39 is 6.04 Å². The van der Waals surface area contributed by atoms with Crippen LogP contribution < -0.4 is 11.5 Å². The Morgan fingerprint density at radius 3 is 2.60 bits per heavy atom. The molecule has 0 spiro atoms. The second-order valence-electron chi connectivity index (χ2n) is 2.15. The fraction of sp³-hybridized carbons (Fsp3) is 0.833. The van der Waals surface area contributed by atoms with Gasteiger partial charge in [-0.2, -0.15) is 12.6 Å². The molecule has 0 aromatic rings. The van der Waals surface area contributed by atoms with Crippen LogP contribution in [0.4, 0.5) is 0 Å². The molecular weight excluding hydrogens is 148 g/mol. The lowest BCUT2D eigenvalue weighted by atomic mass is 10.1. The minimum Gasteiger partial charge on any atom is -0.330 e. The lowest BCUT2D eigenvalue weighted by Crippen LogP contribution is -2.32. The van der Waals surface area contributed by atoms with E-state index in [-0.39, 0.29) is 5.78 Å². The van der Waals surface area contributed by atoms with Crippen LogP contribution >= 0.6 is 12.6 Å². The van der Waals surface area contributed by atoms with Crippen LogP contribution in [0.25, 0.3) is 0 Å². The van der Waals surface area contributed by atoms with Crippen molar-refractivity contribution in [2.75, 3.05) is 12.3 Å². The second kappa shape index (κ2) is 5.70. The molecule has 0 fully saturated rings. The van der Waals surface area contributed by atoms with E-state index >= 15 is 0 Å². The maximum Gasteiger partial charge on any atom is 0.150 e. The highest BCUT2D eigenvalue weighted by Crippen LogP contribution is 1.94. The molecule has 4 heteroatoms. The minimum atomic E-state index is -0.408. The summed E-state index contributed by atoms with van der Waals surface area (Å²) in [5.41, 5.74) is 10.6. The number of carbonyl (C=O) groups excluding carboxylic acids is 1. The van der Waals surface area contributed by atoms with Crippen LogP contribution in [0.1, 0.15) is 12.8 Å². The lowest BCUT2D eigenvalue weighted by molar-refractivity contribution is -0.119. The highest BCUT2D eigenvalue weighted by Gasteiger charge is 2.09. The van der Waals surface area contributed by atoms with Crippen LogP contribution in [0.2, 0.25) is 0 Å². The monoisotopic (exact) mass is 162 g/mol. The summed E-state index contributed by atoms with van der Waals surface area (Å²) in [6.45, 7) is 0.547. The van der Waals surface area contributed by atoms with Gasteiger partial charge in [-0.05, 0) is 13.0 Å². The van der Waals surface area contributed by atoms with Crippen LogP contribution in [0.15, 0.2) is 0 Å². The molecule has 1 atom stereocenters. The van der Waals surface area contributed by atoms with Gasteiger partial charge in [-0.3, -0.25) is 4.79 Å². The molecule has 4 N–H and O–H groups in total. The van der Waals surface area contributed by atoms with E-state index in [2.05, 4.69) is 12.6 Å². The number of Topliss-reactive ketones (excluding diaryl/α,β-unsaturated/α-hetero) is 1. The number of hydrogen-bond donors (Lipinski definition) is 3. The molecule has 3 nitrogen and oxygen atoms in total. The van der Waals surface area contributed by atoms with Gasteiger partial charge in [0.15, 0.2) is 0 Å². The number of thiol groups is 1. The molecule has 0 aliphatic heterocycles. The van der Waals surface area contributed by atoms with E-state index in [1.54, 1.807) is 0 Å². The summed E-state index contributed by atoms with van der Waals surface area (Å²) >= 11 is 3.90. The lowest BCUT2D eigenvalue weighted by Gasteiger charge is -2.04.